The second kappa shape index (κ2) is 5.66. The van der Waals surface area contributed by atoms with E-state index in [0.29, 0.717) is 13.0 Å². The van der Waals surface area contributed by atoms with Crippen LogP contribution in [0.5, 0.6) is 0 Å². The summed E-state index contributed by atoms with van der Waals surface area (Å²) < 4.78 is 6.87. The molecule has 0 radical (unpaired) electrons. The number of ether oxygens (including phenoxy) is 1. The number of benzene rings is 1. The van der Waals surface area contributed by atoms with Crippen LogP contribution in [0, 0.1) is 6.92 Å². The molecule has 0 unspecified atom stereocenters. The van der Waals surface area contributed by atoms with Crippen LogP contribution in [0.15, 0.2) is 21.1 Å². The van der Waals surface area contributed by atoms with Gasteiger partial charge in [0, 0.05) is 8.95 Å². The molecule has 1 rings (SSSR count). The van der Waals surface area contributed by atoms with Crippen LogP contribution in [0.4, 0.5) is 0 Å². The monoisotopic (exact) mass is 334 g/mol. The molecule has 0 aliphatic heterocycles. The van der Waals surface area contributed by atoms with Crippen LogP contribution >= 0.6 is 31.9 Å². The van der Waals surface area contributed by atoms with Crippen LogP contribution < -0.4 is 0 Å². The molecule has 0 aliphatic carbocycles. The molecule has 1 aromatic rings. The van der Waals surface area contributed by atoms with Gasteiger partial charge in [-0.1, -0.05) is 31.9 Å². The molecule has 0 saturated heterocycles. The first-order valence-corrected chi connectivity index (χ1v) is 6.24. The van der Waals surface area contributed by atoms with E-state index in [1.807, 2.05) is 19.1 Å². The van der Waals surface area contributed by atoms with Crippen molar-refractivity contribution in [2.45, 2.75) is 20.3 Å². The lowest BCUT2D eigenvalue weighted by Crippen LogP contribution is -2.09. The van der Waals surface area contributed by atoms with Crippen molar-refractivity contribution in [1.29, 1.82) is 0 Å². The molecule has 0 heterocycles. The molecule has 0 fully saturated rings. The number of hydrogen-bond donors (Lipinski definition) is 0. The van der Waals surface area contributed by atoms with Gasteiger partial charge >= 0.3 is 5.97 Å². The van der Waals surface area contributed by atoms with Gasteiger partial charge in [-0.15, -0.1) is 0 Å². The van der Waals surface area contributed by atoms with Gasteiger partial charge in [0.2, 0.25) is 0 Å². The second-order valence-electron chi connectivity index (χ2n) is 3.11. The molecular weight excluding hydrogens is 324 g/mol. The minimum atomic E-state index is -0.195. The number of rotatable bonds is 3. The minimum absolute atomic E-state index is 0.195. The Balaban J connectivity index is 2.93. The molecule has 15 heavy (non-hydrogen) atoms. The molecule has 0 aliphatic rings. The third kappa shape index (κ3) is 3.31. The summed E-state index contributed by atoms with van der Waals surface area (Å²) in [7, 11) is 0. The lowest BCUT2D eigenvalue weighted by atomic mass is 10.1. The van der Waals surface area contributed by atoms with Crippen LogP contribution in [-0.2, 0) is 16.0 Å². The van der Waals surface area contributed by atoms with Crippen LogP contribution in [-0.4, -0.2) is 12.6 Å². The third-order valence-electron chi connectivity index (χ3n) is 2.10. The van der Waals surface area contributed by atoms with E-state index < -0.39 is 0 Å². The van der Waals surface area contributed by atoms with Gasteiger partial charge < -0.3 is 4.74 Å². The van der Waals surface area contributed by atoms with Crippen molar-refractivity contribution in [2.24, 2.45) is 0 Å². The van der Waals surface area contributed by atoms with Gasteiger partial charge in [-0.3, -0.25) is 4.79 Å². The van der Waals surface area contributed by atoms with Gasteiger partial charge in [0.1, 0.15) is 0 Å². The fourth-order valence-electron chi connectivity index (χ4n) is 1.27. The van der Waals surface area contributed by atoms with Crippen molar-refractivity contribution in [1.82, 2.24) is 0 Å². The summed E-state index contributed by atoms with van der Waals surface area (Å²) in [4.78, 5) is 11.4. The zero-order valence-corrected chi connectivity index (χ0v) is 11.8. The number of carbonyl (C=O) groups is 1. The molecule has 82 valence electrons. The zero-order valence-electron chi connectivity index (χ0n) is 8.64. The third-order valence-corrected chi connectivity index (χ3v) is 3.70. The maximum absolute atomic E-state index is 11.4. The summed E-state index contributed by atoms with van der Waals surface area (Å²) in [6, 6.07) is 3.87. The van der Waals surface area contributed by atoms with Crippen LogP contribution in [0.1, 0.15) is 18.1 Å². The Kier molecular flexibility index (Phi) is 4.80. The van der Waals surface area contributed by atoms with E-state index in [4.69, 9.17) is 4.74 Å². The van der Waals surface area contributed by atoms with E-state index in [1.54, 1.807) is 6.92 Å². The average Bonchev–Trinajstić information content (AvgIpc) is 2.19. The van der Waals surface area contributed by atoms with Gasteiger partial charge in [0.25, 0.3) is 0 Å². The Labute approximate surface area is 106 Å². The minimum Gasteiger partial charge on any atom is -0.466 e. The summed E-state index contributed by atoms with van der Waals surface area (Å²) in [6.45, 7) is 4.20. The van der Waals surface area contributed by atoms with E-state index in [1.165, 1.54) is 0 Å². The number of carbonyl (C=O) groups excluding carboxylic acids is 1. The summed E-state index contributed by atoms with van der Waals surface area (Å²) in [5.74, 6) is -0.195. The van der Waals surface area contributed by atoms with Crippen molar-refractivity contribution in [2.75, 3.05) is 6.61 Å². The molecule has 0 amide bonds. The second-order valence-corrected chi connectivity index (χ2v) is 4.82. The van der Waals surface area contributed by atoms with Crippen molar-refractivity contribution < 1.29 is 9.53 Å². The Hall–Kier alpha value is -0.350. The summed E-state index contributed by atoms with van der Waals surface area (Å²) in [6.07, 6.45) is 0.305. The summed E-state index contributed by atoms with van der Waals surface area (Å²) >= 11 is 6.87. The fraction of sp³-hybridized carbons (Fsp3) is 0.364. The molecule has 0 N–H and O–H groups in total. The van der Waals surface area contributed by atoms with Crippen molar-refractivity contribution in [3.8, 4) is 0 Å². The average molecular weight is 336 g/mol. The van der Waals surface area contributed by atoms with Crippen LogP contribution in [0.25, 0.3) is 0 Å². The molecule has 0 bridgehead atoms. The van der Waals surface area contributed by atoms with Gasteiger partial charge in [0.05, 0.1) is 13.0 Å². The molecule has 2 nitrogen and oxygen atoms in total. The molecule has 0 atom stereocenters. The number of hydrogen-bond acceptors (Lipinski definition) is 2. The van der Waals surface area contributed by atoms with Gasteiger partial charge in [0.15, 0.2) is 0 Å². The Morgan fingerprint density at radius 1 is 1.33 bits per heavy atom. The normalized spacial score (nSPS) is 10.1. The van der Waals surface area contributed by atoms with Gasteiger partial charge in [-0.05, 0) is 37.1 Å². The van der Waals surface area contributed by atoms with Crippen molar-refractivity contribution in [3.63, 3.8) is 0 Å². The standard InChI is InChI=1S/C11H12Br2O2/c1-3-15-11(14)6-8-7(2)9(12)4-5-10(8)13/h4-5H,3,6H2,1-2H3. The quantitative estimate of drug-likeness (QED) is 0.788. The smallest absolute Gasteiger partial charge is 0.310 e. The highest BCUT2D eigenvalue weighted by Gasteiger charge is 2.11. The Bertz CT molecular complexity index is 375. The number of halogens is 2. The molecule has 0 spiro atoms. The van der Waals surface area contributed by atoms with Crippen molar-refractivity contribution >= 4 is 37.8 Å². The first kappa shape index (κ1) is 12.7. The SMILES string of the molecule is CCOC(=O)Cc1c(Br)ccc(Br)c1C. The van der Waals surface area contributed by atoms with E-state index in [-0.39, 0.29) is 5.97 Å². The maximum Gasteiger partial charge on any atom is 0.310 e. The zero-order chi connectivity index (χ0) is 11.4. The first-order valence-electron chi connectivity index (χ1n) is 4.65. The predicted octanol–water partition coefficient (Wildman–Crippen LogP) is 3.63. The summed E-state index contributed by atoms with van der Waals surface area (Å²) in [5, 5.41) is 0. The van der Waals surface area contributed by atoms with Gasteiger partial charge in [-0.25, -0.2) is 0 Å². The maximum atomic E-state index is 11.4. The predicted molar refractivity (Wildman–Crippen MR) is 66.9 cm³/mol. The fourth-order valence-corrected chi connectivity index (χ4v) is 2.21. The van der Waals surface area contributed by atoms with Crippen LogP contribution in [0.3, 0.4) is 0 Å². The van der Waals surface area contributed by atoms with Crippen LogP contribution in [0.2, 0.25) is 0 Å². The van der Waals surface area contributed by atoms with Crippen molar-refractivity contribution in [3.05, 3.63) is 32.2 Å². The van der Waals surface area contributed by atoms with E-state index in [0.717, 1.165) is 20.1 Å². The van der Waals surface area contributed by atoms with Gasteiger partial charge in [-0.2, -0.15) is 0 Å². The topological polar surface area (TPSA) is 26.3 Å². The highest BCUT2D eigenvalue weighted by molar-refractivity contribution is 9.11. The molecule has 0 saturated carbocycles. The molecule has 1 aromatic carbocycles. The summed E-state index contributed by atoms with van der Waals surface area (Å²) in [5.41, 5.74) is 2.04. The van der Waals surface area contributed by atoms with E-state index in [2.05, 4.69) is 31.9 Å². The van der Waals surface area contributed by atoms with E-state index in [9.17, 15) is 4.79 Å². The number of esters is 1. The highest BCUT2D eigenvalue weighted by Crippen LogP contribution is 2.27. The largest absolute Gasteiger partial charge is 0.466 e. The lowest BCUT2D eigenvalue weighted by molar-refractivity contribution is -0.142. The first-order chi connectivity index (χ1) is 7.06. The molecular formula is C11H12Br2O2. The van der Waals surface area contributed by atoms with E-state index >= 15 is 0 Å². The Morgan fingerprint density at radius 3 is 2.53 bits per heavy atom. The molecule has 4 heteroatoms. The molecule has 0 aromatic heterocycles. The lowest BCUT2D eigenvalue weighted by Gasteiger charge is -2.09. The highest BCUT2D eigenvalue weighted by atomic mass is 79.9. The Morgan fingerprint density at radius 2 is 1.93 bits per heavy atom.